The first-order valence-corrected chi connectivity index (χ1v) is 19.1. The molecule has 0 bridgehead atoms. The lowest BCUT2D eigenvalue weighted by Gasteiger charge is -2.12. The van der Waals surface area contributed by atoms with Gasteiger partial charge in [-0.1, -0.05) is 170 Å². The number of pyridine rings is 2. The molecule has 0 radical (unpaired) electrons. The van der Waals surface area contributed by atoms with Gasteiger partial charge in [0.25, 0.3) is 0 Å². The zero-order valence-electron chi connectivity index (χ0n) is 30.8. The molecule has 0 aliphatic carbocycles. The van der Waals surface area contributed by atoms with E-state index in [-0.39, 0.29) is 0 Å². The van der Waals surface area contributed by atoms with E-state index in [4.69, 9.17) is 19.9 Å². The van der Waals surface area contributed by atoms with Crippen LogP contribution < -0.4 is 0 Å². The van der Waals surface area contributed by atoms with Crippen LogP contribution in [0.25, 0.3) is 106 Å². The van der Waals surface area contributed by atoms with E-state index in [0.717, 1.165) is 89.2 Å². The first kappa shape index (κ1) is 32.7. The number of fused-ring (bicyclic) bond motifs is 6. The summed E-state index contributed by atoms with van der Waals surface area (Å²) in [5, 5.41) is 5.61. The first-order valence-electron chi connectivity index (χ1n) is 19.1. The molecule has 0 N–H and O–H groups in total. The number of aromatic nitrogens is 5. The molecule has 57 heavy (non-hydrogen) atoms. The monoisotopic (exact) mass is 727 g/mol. The number of benzene rings is 7. The van der Waals surface area contributed by atoms with Crippen molar-refractivity contribution in [3.63, 3.8) is 0 Å². The molecule has 266 valence electrons. The number of rotatable bonds is 6. The van der Waals surface area contributed by atoms with Crippen LogP contribution in [0.2, 0.25) is 0 Å². The lowest BCUT2D eigenvalue weighted by atomic mass is 9.99. The highest BCUT2D eigenvalue weighted by atomic mass is 15.0. The lowest BCUT2D eigenvalue weighted by Crippen LogP contribution is -1.96. The van der Waals surface area contributed by atoms with E-state index in [9.17, 15) is 0 Å². The maximum absolute atomic E-state index is 5.54. The number of nitrogens with zero attached hydrogens (tertiary/aromatic N) is 5. The Labute approximate surface area is 329 Å². The highest BCUT2D eigenvalue weighted by molar-refractivity contribution is 6.17. The molecule has 0 spiro atoms. The third-order valence-electron chi connectivity index (χ3n) is 10.8. The van der Waals surface area contributed by atoms with E-state index < -0.39 is 0 Å². The molecule has 0 aliphatic rings. The Hall–Kier alpha value is -7.76. The zero-order valence-corrected chi connectivity index (χ0v) is 30.8. The summed E-state index contributed by atoms with van der Waals surface area (Å²) in [6, 6.07) is 67.4. The molecule has 0 amide bonds. The maximum Gasteiger partial charge on any atom is 0.160 e. The predicted molar refractivity (Wildman–Crippen MR) is 234 cm³/mol. The molecule has 0 atom stereocenters. The van der Waals surface area contributed by atoms with Crippen LogP contribution in [0.5, 0.6) is 0 Å². The highest BCUT2D eigenvalue weighted by Gasteiger charge is 2.21. The maximum atomic E-state index is 5.54. The second-order valence-corrected chi connectivity index (χ2v) is 14.3. The number of para-hydroxylation sites is 1. The van der Waals surface area contributed by atoms with Crippen molar-refractivity contribution in [3.05, 3.63) is 200 Å². The Morgan fingerprint density at radius 3 is 1.67 bits per heavy atom. The van der Waals surface area contributed by atoms with Crippen molar-refractivity contribution >= 4 is 38.1 Å². The van der Waals surface area contributed by atoms with Gasteiger partial charge >= 0.3 is 0 Å². The van der Waals surface area contributed by atoms with E-state index in [2.05, 4.69) is 168 Å². The van der Waals surface area contributed by atoms with Gasteiger partial charge in [-0.05, 0) is 35.0 Å². The van der Waals surface area contributed by atoms with Crippen LogP contribution >= 0.6 is 0 Å². The van der Waals surface area contributed by atoms with Gasteiger partial charge in [0.05, 0.1) is 34.0 Å². The molecule has 0 unspecified atom stereocenters. The van der Waals surface area contributed by atoms with Crippen molar-refractivity contribution < 1.29 is 0 Å². The molecular weight excluding hydrogens is 695 g/mol. The molecular formula is C52H33N5. The second-order valence-electron chi connectivity index (χ2n) is 14.3. The summed E-state index contributed by atoms with van der Waals surface area (Å²) in [7, 11) is 0. The van der Waals surface area contributed by atoms with Gasteiger partial charge in [-0.3, -0.25) is 4.40 Å². The lowest BCUT2D eigenvalue weighted by molar-refractivity contribution is 1.18. The molecule has 11 rings (SSSR count). The first-order chi connectivity index (χ1) is 28.2. The topological polar surface area (TPSA) is 56.0 Å². The largest absolute Gasteiger partial charge is 0.298 e. The molecule has 0 aliphatic heterocycles. The van der Waals surface area contributed by atoms with Gasteiger partial charge in [0, 0.05) is 55.7 Å². The molecule has 5 heteroatoms. The van der Waals surface area contributed by atoms with Crippen LogP contribution in [0.1, 0.15) is 0 Å². The summed E-state index contributed by atoms with van der Waals surface area (Å²) in [6.07, 6.45) is 2.16. The number of hydrogen-bond acceptors (Lipinski definition) is 4. The summed E-state index contributed by atoms with van der Waals surface area (Å²) >= 11 is 0. The Balaban J connectivity index is 1.11. The molecule has 11 aromatic rings. The van der Waals surface area contributed by atoms with Crippen LogP contribution in [-0.4, -0.2) is 24.3 Å². The number of hydrogen-bond donors (Lipinski definition) is 0. The van der Waals surface area contributed by atoms with Crippen LogP contribution in [0.15, 0.2) is 200 Å². The van der Waals surface area contributed by atoms with Gasteiger partial charge in [-0.15, -0.1) is 0 Å². The molecule has 4 aromatic heterocycles. The molecule has 4 heterocycles. The quantitative estimate of drug-likeness (QED) is 0.160. The smallest absolute Gasteiger partial charge is 0.160 e. The third kappa shape index (κ3) is 5.72. The van der Waals surface area contributed by atoms with E-state index in [1.807, 2.05) is 36.4 Å². The predicted octanol–water partition coefficient (Wildman–Crippen LogP) is 13.0. The number of imidazole rings is 1. The van der Waals surface area contributed by atoms with Crippen LogP contribution in [0.4, 0.5) is 0 Å². The zero-order chi connectivity index (χ0) is 37.7. The molecule has 0 saturated carbocycles. The van der Waals surface area contributed by atoms with Crippen molar-refractivity contribution in [1.82, 2.24) is 24.3 Å². The molecule has 0 saturated heterocycles. The van der Waals surface area contributed by atoms with Gasteiger partial charge in [0.1, 0.15) is 5.65 Å². The highest BCUT2D eigenvalue weighted by Crippen LogP contribution is 2.40. The summed E-state index contributed by atoms with van der Waals surface area (Å²) in [6.45, 7) is 0. The summed E-state index contributed by atoms with van der Waals surface area (Å²) in [5.41, 5.74) is 12.7. The van der Waals surface area contributed by atoms with E-state index in [1.165, 1.54) is 10.8 Å². The normalized spacial score (nSPS) is 11.5. The van der Waals surface area contributed by atoms with Crippen LogP contribution in [0.3, 0.4) is 0 Å². The molecule has 0 fully saturated rings. The van der Waals surface area contributed by atoms with E-state index in [1.54, 1.807) is 0 Å². The van der Waals surface area contributed by atoms with Gasteiger partial charge in [-0.25, -0.2) is 19.9 Å². The summed E-state index contributed by atoms with van der Waals surface area (Å²) in [4.78, 5) is 20.9. The average molecular weight is 728 g/mol. The minimum atomic E-state index is 0.694. The minimum absolute atomic E-state index is 0.694. The average Bonchev–Trinajstić information content (AvgIpc) is 3.69. The van der Waals surface area contributed by atoms with Crippen molar-refractivity contribution in [1.29, 1.82) is 0 Å². The summed E-state index contributed by atoms with van der Waals surface area (Å²) in [5.74, 6) is 0.694. The minimum Gasteiger partial charge on any atom is -0.298 e. The van der Waals surface area contributed by atoms with Gasteiger partial charge in [0.15, 0.2) is 5.82 Å². The van der Waals surface area contributed by atoms with Crippen LogP contribution in [-0.2, 0) is 0 Å². The van der Waals surface area contributed by atoms with Gasteiger partial charge in [0.2, 0.25) is 0 Å². The van der Waals surface area contributed by atoms with Gasteiger partial charge < -0.3 is 0 Å². The fourth-order valence-electron chi connectivity index (χ4n) is 8.03. The fourth-order valence-corrected chi connectivity index (χ4v) is 8.03. The van der Waals surface area contributed by atoms with Crippen molar-refractivity contribution in [3.8, 4) is 67.7 Å². The Morgan fingerprint density at radius 1 is 0.351 bits per heavy atom. The Bertz CT molecular complexity index is 3210. The SMILES string of the molecule is c1ccc(-c2cc(-c3ccc(-c4nc5c6c(ccn5c4-c4ccccc4)c(-c4ccc5ccccc5c4)nc4ccccc46)cc3)nc(-c3ccccc3)n2)cc1. The fraction of sp³-hybridized carbons (Fsp3) is 0. The van der Waals surface area contributed by atoms with Crippen molar-refractivity contribution in [2.45, 2.75) is 0 Å². The molecule has 7 aromatic carbocycles. The standard InChI is InChI=1S/C52H33N5/c1-4-15-35(16-5-1)45-33-46(55-51(54-45)39-19-8-3-9-20-39)36-25-27-37(28-26-36)49-50(38-17-6-2-7-18-38)57-31-30-43-47(52(57)56-49)42-22-12-13-23-44(42)53-48(43)41-29-24-34-14-10-11-21-40(34)32-41/h1-33H. The van der Waals surface area contributed by atoms with Crippen molar-refractivity contribution in [2.24, 2.45) is 0 Å². The Morgan fingerprint density at radius 2 is 0.930 bits per heavy atom. The third-order valence-corrected chi connectivity index (χ3v) is 10.8. The van der Waals surface area contributed by atoms with E-state index >= 15 is 0 Å². The second kappa shape index (κ2) is 13.5. The van der Waals surface area contributed by atoms with Crippen LogP contribution in [0, 0.1) is 0 Å². The van der Waals surface area contributed by atoms with Gasteiger partial charge in [-0.2, -0.15) is 0 Å². The van der Waals surface area contributed by atoms with Crippen molar-refractivity contribution in [2.75, 3.05) is 0 Å². The van der Waals surface area contributed by atoms with E-state index in [0.29, 0.717) is 5.82 Å². The molecule has 5 nitrogen and oxygen atoms in total. The Kier molecular flexibility index (Phi) is 7.74. The summed E-state index contributed by atoms with van der Waals surface area (Å²) < 4.78 is 2.25.